The van der Waals surface area contributed by atoms with E-state index in [1.807, 2.05) is 6.07 Å². The predicted molar refractivity (Wildman–Crippen MR) is 67.4 cm³/mol. The first kappa shape index (κ1) is 16.4. The summed E-state index contributed by atoms with van der Waals surface area (Å²) in [6.07, 6.45) is 0.481. The van der Waals surface area contributed by atoms with Crippen molar-refractivity contribution in [2.75, 3.05) is 0 Å². The minimum Gasteiger partial charge on any atom is -0.444 e. The molecule has 0 spiro atoms. The molecule has 18 heavy (non-hydrogen) atoms. The first-order valence-corrected chi connectivity index (χ1v) is 5.89. The van der Waals surface area contributed by atoms with Gasteiger partial charge < -0.3 is 10.1 Å². The maximum Gasteiger partial charge on any atom is 0.408 e. The van der Waals surface area contributed by atoms with E-state index in [4.69, 9.17) is 10.00 Å². The zero-order valence-electron chi connectivity index (χ0n) is 11.6. The molecule has 1 amide bonds. The van der Waals surface area contributed by atoms with E-state index in [0.717, 1.165) is 0 Å². The topological polar surface area (TPSA) is 62.1 Å². The Morgan fingerprint density at radius 1 is 1.50 bits per heavy atom. The average molecular weight is 256 g/mol. The van der Waals surface area contributed by atoms with Crippen molar-refractivity contribution in [2.24, 2.45) is 5.92 Å². The zero-order valence-corrected chi connectivity index (χ0v) is 11.6. The van der Waals surface area contributed by atoms with Crippen LogP contribution < -0.4 is 5.32 Å². The first-order valence-electron chi connectivity index (χ1n) is 5.89. The summed E-state index contributed by atoms with van der Waals surface area (Å²) in [5.74, 6) is -0.648. The Morgan fingerprint density at radius 2 is 2.06 bits per heavy atom. The number of nitrogens with zero attached hydrogens (tertiary/aromatic N) is 1. The number of nitriles is 1. The van der Waals surface area contributed by atoms with E-state index in [1.165, 1.54) is 6.08 Å². The van der Waals surface area contributed by atoms with Crippen molar-refractivity contribution in [2.45, 2.75) is 52.7 Å². The van der Waals surface area contributed by atoms with Crippen LogP contribution in [0, 0.1) is 17.2 Å². The molecule has 0 aromatic rings. The van der Waals surface area contributed by atoms with Crippen LogP contribution in [0.3, 0.4) is 0 Å². The van der Waals surface area contributed by atoms with Crippen molar-refractivity contribution in [3.05, 3.63) is 11.9 Å². The Labute approximate surface area is 108 Å². The fourth-order valence-electron chi connectivity index (χ4n) is 1.26. The first-order chi connectivity index (χ1) is 8.17. The van der Waals surface area contributed by atoms with Crippen LogP contribution in [0.4, 0.5) is 9.18 Å². The molecule has 102 valence electrons. The molecule has 0 aromatic heterocycles. The number of allylic oxidation sites excluding steroid dienone is 1. The molecule has 0 aliphatic rings. The molecule has 5 heteroatoms. The standard InChI is InChI=1S/C13H21FN2O2/c1-9(2)11(10(14)7-6-8-15)16-12(17)18-13(3,4)5/h7,9,11H,6H2,1-5H3,(H,16,17)/b10-7-/t11-/m0/s1. The number of carbonyl (C=O) groups is 1. The lowest BCUT2D eigenvalue weighted by Crippen LogP contribution is -2.42. The van der Waals surface area contributed by atoms with Gasteiger partial charge in [0, 0.05) is 0 Å². The largest absolute Gasteiger partial charge is 0.444 e. The van der Waals surface area contributed by atoms with Gasteiger partial charge in [-0.2, -0.15) is 5.26 Å². The fourth-order valence-corrected chi connectivity index (χ4v) is 1.26. The van der Waals surface area contributed by atoms with E-state index in [-0.39, 0.29) is 12.3 Å². The summed E-state index contributed by atoms with van der Waals surface area (Å²) in [5, 5.41) is 10.9. The van der Waals surface area contributed by atoms with Crippen LogP contribution in [0.15, 0.2) is 11.9 Å². The van der Waals surface area contributed by atoms with Gasteiger partial charge in [-0.25, -0.2) is 9.18 Å². The number of amides is 1. The lowest BCUT2D eigenvalue weighted by Gasteiger charge is -2.24. The molecule has 0 saturated heterocycles. The second-order valence-corrected chi connectivity index (χ2v) is 5.32. The Hall–Kier alpha value is -1.57. The van der Waals surface area contributed by atoms with Crippen molar-refractivity contribution in [1.82, 2.24) is 5.32 Å². The minimum absolute atomic E-state index is 0.0228. The molecule has 0 aromatic carbocycles. The van der Waals surface area contributed by atoms with Gasteiger partial charge in [-0.15, -0.1) is 0 Å². The molecular weight excluding hydrogens is 235 g/mol. The van der Waals surface area contributed by atoms with Gasteiger partial charge in [0.1, 0.15) is 11.4 Å². The van der Waals surface area contributed by atoms with Gasteiger partial charge in [0.15, 0.2) is 0 Å². The van der Waals surface area contributed by atoms with Crippen molar-refractivity contribution in [1.29, 1.82) is 5.26 Å². The van der Waals surface area contributed by atoms with Crippen molar-refractivity contribution in [3.8, 4) is 6.07 Å². The van der Waals surface area contributed by atoms with Gasteiger partial charge in [0.05, 0.1) is 18.5 Å². The quantitative estimate of drug-likeness (QED) is 0.839. The van der Waals surface area contributed by atoms with Gasteiger partial charge in [-0.05, 0) is 32.8 Å². The van der Waals surface area contributed by atoms with E-state index in [9.17, 15) is 9.18 Å². The van der Waals surface area contributed by atoms with Crippen LogP contribution >= 0.6 is 0 Å². The maximum absolute atomic E-state index is 13.7. The lowest BCUT2D eigenvalue weighted by molar-refractivity contribution is 0.0494. The summed E-state index contributed by atoms with van der Waals surface area (Å²) in [4.78, 5) is 11.6. The second-order valence-electron chi connectivity index (χ2n) is 5.32. The third-order valence-electron chi connectivity index (χ3n) is 2.02. The highest BCUT2D eigenvalue weighted by atomic mass is 19.1. The van der Waals surface area contributed by atoms with E-state index in [0.29, 0.717) is 0 Å². The predicted octanol–water partition coefficient (Wildman–Crippen LogP) is 3.30. The smallest absolute Gasteiger partial charge is 0.408 e. The van der Waals surface area contributed by atoms with Crippen LogP contribution in [0.2, 0.25) is 0 Å². The second kappa shape index (κ2) is 7.00. The number of hydrogen-bond acceptors (Lipinski definition) is 3. The Bertz CT molecular complexity index is 351. The van der Waals surface area contributed by atoms with Gasteiger partial charge in [0.2, 0.25) is 0 Å². The van der Waals surface area contributed by atoms with Crippen molar-refractivity contribution < 1.29 is 13.9 Å². The lowest BCUT2D eigenvalue weighted by atomic mass is 10.0. The maximum atomic E-state index is 13.7. The van der Waals surface area contributed by atoms with E-state index < -0.39 is 23.6 Å². The highest BCUT2D eigenvalue weighted by Crippen LogP contribution is 2.15. The molecule has 0 saturated carbocycles. The summed E-state index contributed by atoms with van der Waals surface area (Å²) in [5.41, 5.74) is -0.627. The summed E-state index contributed by atoms with van der Waals surface area (Å²) >= 11 is 0. The van der Waals surface area contributed by atoms with E-state index in [1.54, 1.807) is 34.6 Å². The Kier molecular flexibility index (Phi) is 6.39. The monoisotopic (exact) mass is 256 g/mol. The molecule has 0 fully saturated rings. The summed E-state index contributed by atoms with van der Waals surface area (Å²) in [7, 11) is 0. The van der Waals surface area contributed by atoms with Crippen LogP contribution in [0.1, 0.15) is 41.0 Å². The van der Waals surface area contributed by atoms with Crippen molar-refractivity contribution >= 4 is 6.09 Å². The number of alkyl carbamates (subject to hydrolysis) is 1. The number of hydrogen-bond donors (Lipinski definition) is 1. The normalized spacial score (nSPS) is 14.0. The molecular formula is C13H21FN2O2. The van der Waals surface area contributed by atoms with Crippen LogP contribution in [0.5, 0.6) is 0 Å². The summed E-state index contributed by atoms with van der Waals surface area (Å²) in [6.45, 7) is 8.76. The van der Waals surface area contributed by atoms with Gasteiger partial charge in [-0.1, -0.05) is 13.8 Å². The molecule has 0 rings (SSSR count). The average Bonchev–Trinajstić information content (AvgIpc) is 2.19. The van der Waals surface area contributed by atoms with Gasteiger partial charge in [0.25, 0.3) is 0 Å². The molecule has 1 N–H and O–H groups in total. The molecule has 0 aliphatic carbocycles. The molecule has 4 nitrogen and oxygen atoms in total. The highest BCUT2D eigenvalue weighted by molar-refractivity contribution is 5.68. The van der Waals surface area contributed by atoms with E-state index in [2.05, 4.69) is 5.32 Å². The Morgan fingerprint density at radius 3 is 2.44 bits per heavy atom. The number of nitrogens with one attached hydrogen (secondary N) is 1. The highest BCUT2D eigenvalue weighted by Gasteiger charge is 2.24. The fraction of sp³-hybridized carbons (Fsp3) is 0.692. The molecule has 0 bridgehead atoms. The van der Waals surface area contributed by atoms with Crippen LogP contribution in [-0.4, -0.2) is 17.7 Å². The number of ether oxygens (including phenoxy) is 1. The molecule has 0 aliphatic heterocycles. The summed E-state index contributed by atoms with van der Waals surface area (Å²) < 4.78 is 18.8. The molecule has 0 radical (unpaired) electrons. The van der Waals surface area contributed by atoms with E-state index >= 15 is 0 Å². The Balaban J connectivity index is 4.65. The molecule has 1 atom stereocenters. The third-order valence-corrected chi connectivity index (χ3v) is 2.02. The van der Waals surface area contributed by atoms with Crippen LogP contribution in [-0.2, 0) is 4.74 Å². The summed E-state index contributed by atoms with van der Waals surface area (Å²) in [6, 6.07) is 1.05. The third kappa shape index (κ3) is 6.89. The SMILES string of the molecule is CC(C)[C@H](NC(=O)OC(C)(C)C)/C(F)=C/CC#N. The van der Waals surface area contributed by atoms with Gasteiger partial charge in [-0.3, -0.25) is 0 Å². The van der Waals surface area contributed by atoms with Gasteiger partial charge >= 0.3 is 6.09 Å². The van der Waals surface area contributed by atoms with Crippen molar-refractivity contribution in [3.63, 3.8) is 0 Å². The minimum atomic E-state index is -0.770. The number of rotatable bonds is 4. The molecule has 0 unspecified atom stereocenters. The number of carbonyl (C=O) groups excluding carboxylic acids is 1. The van der Waals surface area contributed by atoms with Crippen LogP contribution in [0.25, 0.3) is 0 Å². The number of halogens is 1. The molecule has 0 heterocycles. The zero-order chi connectivity index (χ0) is 14.3.